The Morgan fingerprint density at radius 2 is 2.13 bits per heavy atom. The summed E-state index contributed by atoms with van der Waals surface area (Å²) in [4.78, 5) is 2.43. The minimum absolute atomic E-state index is 0.370. The van der Waals surface area contributed by atoms with E-state index < -0.39 is 5.54 Å². The summed E-state index contributed by atoms with van der Waals surface area (Å²) in [5.74, 6) is 2.52. The van der Waals surface area contributed by atoms with Crippen LogP contribution in [0.15, 0.2) is 0 Å². The van der Waals surface area contributed by atoms with E-state index in [9.17, 15) is 4.39 Å². The van der Waals surface area contributed by atoms with E-state index in [0.29, 0.717) is 6.04 Å². The van der Waals surface area contributed by atoms with Gasteiger partial charge in [0.2, 0.25) is 0 Å². The van der Waals surface area contributed by atoms with Crippen molar-refractivity contribution < 1.29 is 4.39 Å². The topological polar surface area (TPSA) is 29.3 Å². The molecule has 0 saturated carbocycles. The van der Waals surface area contributed by atoms with Crippen molar-refractivity contribution in [3.8, 4) is 0 Å². The predicted octanol–water partition coefficient (Wildman–Crippen LogP) is 1.64. The number of thioether (sulfide) groups is 1. The molecule has 15 heavy (non-hydrogen) atoms. The molecule has 2 nitrogen and oxygen atoms in total. The zero-order chi connectivity index (χ0) is 10.7. The average molecular weight is 232 g/mol. The second kappa shape index (κ2) is 5.02. The summed E-state index contributed by atoms with van der Waals surface area (Å²) in [6.07, 6.45) is 4.42. The number of hydrogen-bond donors (Lipinski definition) is 1. The Morgan fingerprint density at radius 3 is 2.80 bits per heavy atom. The highest BCUT2D eigenvalue weighted by Gasteiger charge is 2.34. The fourth-order valence-corrected chi connectivity index (χ4v) is 3.75. The summed E-state index contributed by atoms with van der Waals surface area (Å²) in [5, 5.41) is 0. The van der Waals surface area contributed by atoms with Crippen LogP contribution in [0.5, 0.6) is 0 Å². The first-order valence-corrected chi connectivity index (χ1v) is 7.06. The largest absolute Gasteiger partial charge is 0.322 e. The SMILES string of the molecule is NC1(CF)CCCN(C2CCSCC2)C1. The minimum atomic E-state index is -0.553. The average Bonchev–Trinajstić information content (AvgIpc) is 2.30. The molecule has 0 aromatic carbocycles. The summed E-state index contributed by atoms with van der Waals surface area (Å²) < 4.78 is 12.8. The monoisotopic (exact) mass is 232 g/mol. The molecule has 0 aromatic heterocycles. The number of nitrogens with zero attached hydrogens (tertiary/aromatic N) is 1. The number of piperidine rings is 1. The lowest BCUT2D eigenvalue weighted by molar-refractivity contribution is 0.0852. The summed E-state index contributed by atoms with van der Waals surface area (Å²) in [5.41, 5.74) is 5.48. The quantitative estimate of drug-likeness (QED) is 0.785. The van der Waals surface area contributed by atoms with Crippen LogP contribution < -0.4 is 5.73 Å². The molecule has 2 rings (SSSR count). The maximum absolute atomic E-state index is 12.8. The lowest BCUT2D eigenvalue weighted by atomic mass is 9.90. The van der Waals surface area contributed by atoms with Crippen molar-refractivity contribution in [3.05, 3.63) is 0 Å². The highest BCUT2D eigenvalue weighted by molar-refractivity contribution is 7.99. The van der Waals surface area contributed by atoms with E-state index in [1.54, 1.807) is 0 Å². The lowest BCUT2D eigenvalue weighted by Gasteiger charge is -2.43. The molecule has 2 fully saturated rings. The van der Waals surface area contributed by atoms with E-state index >= 15 is 0 Å². The molecular formula is C11H21FN2S. The summed E-state index contributed by atoms with van der Waals surface area (Å²) >= 11 is 2.04. The summed E-state index contributed by atoms with van der Waals surface area (Å²) in [7, 11) is 0. The maximum Gasteiger partial charge on any atom is 0.109 e. The van der Waals surface area contributed by atoms with Crippen molar-refractivity contribution in [1.82, 2.24) is 4.90 Å². The Kier molecular flexibility index (Phi) is 3.91. The van der Waals surface area contributed by atoms with Gasteiger partial charge in [-0.3, -0.25) is 4.90 Å². The third kappa shape index (κ3) is 2.86. The lowest BCUT2D eigenvalue weighted by Crippen LogP contribution is -2.58. The van der Waals surface area contributed by atoms with Crippen molar-refractivity contribution in [3.63, 3.8) is 0 Å². The first kappa shape index (κ1) is 11.7. The highest BCUT2D eigenvalue weighted by Crippen LogP contribution is 2.27. The van der Waals surface area contributed by atoms with Gasteiger partial charge in [-0.05, 0) is 43.7 Å². The zero-order valence-corrected chi connectivity index (χ0v) is 10.1. The van der Waals surface area contributed by atoms with Gasteiger partial charge in [0.15, 0.2) is 0 Å². The predicted molar refractivity (Wildman–Crippen MR) is 64.0 cm³/mol. The molecule has 2 N–H and O–H groups in total. The number of halogens is 1. The van der Waals surface area contributed by atoms with E-state index in [1.807, 2.05) is 11.8 Å². The van der Waals surface area contributed by atoms with Gasteiger partial charge in [0.1, 0.15) is 6.67 Å². The van der Waals surface area contributed by atoms with Crippen molar-refractivity contribution in [2.75, 3.05) is 31.3 Å². The molecule has 88 valence electrons. The van der Waals surface area contributed by atoms with Crippen LogP contribution in [0.4, 0.5) is 4.39 Å². The number of alkyl halides is 1. The normalized spacial score (nSPS) is 35.6. The van der Waals surface area contributed by atoms with E-state index in [-0.39, 0.29) is 6.67 Å². The summed E-state index contributed by atoms with van der Waals surface area (Å²) in [6, 6.07) is 0.668. The molecule has 1 unspecified atom stereocenters. The third-order valence-corrected chi connectivity index (χ3v) is 4.66. The van der Waals surface area contributed by atoms with Crippen LogP contribution >= 0.6 is 11.8 Å². The van der Waals surface area contributed by atoms with Crippen molar-refractivity contribution in [2.24, 2.45) is 5.73 Å². The smallest absolute Gasteiger partial charge is 0.109 e. The molecule has 2 aliphatic rings. The van der Waals surface area contributed by atoms with Crippen LogP contribution in [-0.4, -0.2) is 47.8 Å². The first-order valence-electron chi connectivity index (χ1n) is 5.90. The molecule has 0 aliphatic carbocycles. The Balaban J connectivity index is 1.91. The second-order valence-corrected chi connectivity index (χ2v) is 6.14. The standard InChI is InChI=1S/C11H21FN2S/c12-8-11(13)4-1-5-14(9-11)10-2-6-15-7-3-10/h10H,1-9,13H2. The first-order chi connectivity index (χ1) is 7.23. The fourth-order valence-electron chi connectivity index (χ4n) is 2.67. The fraction of sp³-hybridized carbons (Fsp3) is 1.00. The molecular weight excluding hydrogens is 211 g/mol. The van der Waals surface area contributed by atoms with Gasteiger partial charge in [-0.1, -0.05) is 0 Å². The third-order valence-electron chi connectivity index (χ3n) is 3.61. The maximum atomic E-state index is 12.8. The Hall–Kier alpha value is 0.200. The molecule has 4 heteroatoms. The van der Waals surface area contributed by atoms with Gasteiger partial charge in [-0.15, -0.1) is 0 Å². The Morgan fingerprint density at radius 1 is 1.40 bits per heavy atom. The zero-order valence-electron chi connectivity index (χ0n) is 9.25. The van der Waals surface area contributed by atoms with Gasteiger partial charge >= 0.3 is 0 Å². The van der Waals surface area contributed by atoms with Crippen LogP contribution in [-0.2, 0) is 0 Å². The van der Waals surface area contributed by atoms with Crippen LogP contribution in [0.1, 0.15) is 25.7 Å². The van der Waals surface area contributed by atoms with E-state index in [1.165, 1.54) is 24.3 Å². The van der Waals surface area contributed by atoms with E-state index in [2.05, 4.69) is 4.90 Å². The van der Waals surface area contributed by atoms with Crippen molar-refractivity contribution in [1.29, 1.82) is 0 Å². The van der Waals surface area contributed by atoms with Crippen molar-refractivity contribution in [2.45, 2.75) is 37.3 Å². The number of rotatable bonds is 2. The molecule has 2 saturated heterocycles. The van der Waals surface area contributed by atoms with Gasteiger partial charge in [0.25, 0.3) is 0 Å². The molecule has 2 aliphatic heterocycles. The van der Waals surface area contributed by atoms with E-state index in [4.69, 9.17) is 5.73 Å². The molecule has 1 atom stereocenters. The minimum Gasteiger partial charge on any atom is -0.322 e. The second-order valence-electron chi connectivity index (χ2n) is 4.91. The number of likely N-dealkylation sites (tertiary alicyclic amines) is 1. The van der Waals surface area contributed by atoms with Gasteiger partial charge in [0.05, 0.1) is 5.54 Å². The van der Waals surface area contributed by atoms with E-state index in [0.717, 1.165) is 25.9 Å². The highest BCUT2D eigenvalue weighted by atomic mass is 32.2. The van der Waals surface area contributed by atoms with Gasteiger partial charge in [-0.25, -0.2) is 4.39 Å². The molecule has 0 spiro atoms. The van der Waals surface area contributed by atoms with Gasteiger partial charge in [-0.2, -0.15) is 11.8 Å². The van der Waals surface area contributed by atoms with Crippen LogP contribution in [0, 0.1) is 0 Å². The Labute approximate surface area is 95.8 Å². The molecule has 2 heterocycles. The van der Waals surface area contributed by atoms with Crippen LogP contribution in [0.3, 0.4) is 0 Å². The number of hydrogen-bond acceptors (Lipinski definition) is 3. The molecule has 0 amide bonds. The van der Waals surface area contributed by atoms with Crippen molar-refractivity contribution >= 4 is 11.8 Å². The Bertz CT molecular complexity index is 209. The molecule has 0 aromatic rings. The molecule has 0 radical (unpaired) electrons. The van der Waals surface area contributed by atoms with Gasteiger partial charge in [0, 0.05) is 12.6 Å². The molecule has 0 bridgehead atoms. The summed E-state index contributed by atoms with van der Waals surface area (Å²) in [6.45, 7) is 1.51. The van der Waals surface area contributed by atoms with Crippen LogP contribution in [0.2, 0.25) is 0 Å². The van der Waals surface area contributed by atoms with Gasteiger partial charge < -0.3 is 5.73 Å². The number of nitrogens with two attached hydrogens (primary N) is 1. The van der Waals surface area contributed by atoms with Crippen LogP contribution in [0.25, 0.3) is 0 Å².